The summed E-state index contributed by atoms with van der Waals surface area (Å²) in [5, 5.41) is 11.1. The van der Waals surface area contributed by atoms with Crippen molar-refractivity contribution in [3.8, 4) is 0 Å². The van der Waals surface area contributed by atoms with Crippen molar-refractivity contribution in [3.63, 3.8) is 0 Å². The van der Waals surface area contributed by atoms with Crippen LogP contribution >= 0.6 is 24.0 Å². The lowest BCUT2D eigenvalue weighted by atomic mass is 10.3. The number of nitrogens with one attached hydrogen (secondary N) is 1. The van der Waals surface area contributed by atoms with E-state index in [1.807, 2.05) is 0 Å². The van der Waals surface area contributed by atoms with Crippen molar-refractivity contribution >= 4 is 29.9 Å². The van der Waals surface area contributed by atoms with E-state index in [9.17, 15) is 13.2 Å². The van der Waals surface area contributed by atoms with E-state index in [0.717, 1.165) is 0 Å². The molecule has 1 heterocycles. The van der Waals surface area contributed by atoms with Crippen molar-refractivity contribution in [2.24, 2.45) is 4.99 Å². The van der Waals surface area contributed by atoms with E-state index < -0.39 is 18.8 Å². The van der Waals surface area contributed by atoms with E-state index >= 15 is 0 Å². The summed E-state index contributed by atoms with van der Waals surface area (Å²) in [6.07, 6.45) is -6.93. The molecule has 0 bridgehead atoms. The lowest BCUT2D eigenvalue weighted by Gasteiger charge is -2.19. The Morgan fingerprint density at radius 3 is 2.60 bits per heavy atom. The van der Waals surface area contributed by atoms with Crippen molar-refractivity contribution < 1.29 is 18.3 Å². The molecule has 0 aromatic carbocycles. The zero-order chi connectivity index (χ0) is 10.8. The SMILES string of the molecule is CN1CCN=C1NCC(O)C(F)(F)F.I. The van der Waals surface area contributed by atoms with Crippen LogP contribution in [-0.4, -0.2) is 54.9 Å². The zero-order valence-electron chi connectivity index (χ0n) is 8.08. The molecule has 1 unspecified atom stereocenters. The highest BCUT2D eigenvalue weighted by atomic mass is 127. The Balaban J connectivity index is 0.00000196. The zero-order valence-corrected chi connectivity index (χ0v) is 10.4. The second kappa shape index (κ2) is 5.73. The Morgan fingerprint density at radius 1 is 1.60 bits per heavy atom. The molecule has 1 atom stereocenters. The van der Waals surface area contributed by atoms with Crippen LogP contribution < -0.4 is 5.32 Å². The second-order valence-corrected chi connectivity index (χ2v) is 3.07. The number of alkyl halides is 3. The molecule has 0 radical (unpaired) electrons. The number of likely N-dealkylation sites (N-methyl/N-ethyl adjacent to an activating group) is 1. The molecule has 0 fully saturated rings. The van der Waals surface area contributed by atoms with Gasteiger partial charge in [-0.15, -0.1) is 24.0 Å². The quantitative estimate of drug-likeness (QED) is 0.717. The van der Waals surface area contributed by atoms with Crippen molar-refractivity contribution in [1.82, 2.24) is 10.2 Å². The fraction of sp³-hybridized carbons (Fsp3) is 0.857. The van der Waals surface area contributed by atoms with Crippen LogP contribution in [0.4, 0.5) is 13.2 Å². The van der Waals surface area contributed by atoms with Gasteiger partial charge in [0.1, 0.15) is 0 Å². The number of rotatable bonds is 2. The first-order valence-corrected chi connectivity index (χ1v) is 4.15. The fourth-order valence-corrected chi connectivity index (χ4v) is 1.03. The van der Waals surface area contributed by atoms with Gasteiger partial charge in [-0.3, -0.25) is 4.99 Å². The standard InChI is InChI=1S/C7H12F3N3O.HI/c1-13-3-2-11-6(13)12-4-5(14)7(8,9)10;/h5,14H,2-4H2,1H3,(H,11,12);1H. The molecular formula is C7H13F3IN3O. The number of aliphatic hydroxyl groups excluding tert-OH is 1. The van der Waals surface area contributed by atoms with Gasteiger partial charge >= 0.3 is 6.18 Å². The van der Waals surface area contributed by atoms with Crippen LogP contribution in [0.25, 0.3) is 0 Å². The van der Waals surface area contributed by atoms with Gasteiger partial charge in [-0.05, 0) is 0 Å². The maximum Gasteiger partial charge on any atom is 0.416 e. The third-order valence-corrected chi connectivity index (χ3v) is 1.89. The van der Waals surface area contributed by atoms with Crippen LogP contribution in [0.2, 0.25) is 0 Å². The van der Waals surface area contributed by atoms with Gasteiger partial charge in [0.05, 0.1) is 13.1 Å². The molecule has 0 aromatic heterocycles. The highest BCUT2D eigenvalue weighted by Gasteiger charge is 2.38. The molecule has 15 heavy (non-hydrogen) atoms. The van der Waals surface area contributed by atoms with E-state index in [1.165, 1.54) is 0 Å². The monoisotopic (exact) mass is 339 g/mol. The van der Waals surface area contributed by atoms with E-state index in [4.69, 9.17) is 5.11 Å². The van der Waals surface area contributed by atoms with Crippen LogP contribution in [0.15, 0.2) is 4.99 Å². The van der Waals surface area contributed by atoms with Crippen LogP contribution in [0, 0.1) is 0 Å². The lowest BCUT2D eigenvalue weighted by Crippen LogP contribution is -2.44. The number of halogens is 4. The molecule has 8 heteroatoms. The highest BCUT2D eigenvalue weighted by Crippen LogP contribution is 2.19. The van der Waals surface area contributed by atoms with Gasteiger partial charge in [0.25, 0.3) is 0 Å². The molecule has 90 valence electrons. The summed E-state index contributed by atoms with van der Waals surface area (Å²) >= 11 is 0. The summed E-state index contributed by atoms with van der Waals surface area (Å²) in [5.41, 5.74) is 0. The van der Waals surface area contributed by atoms with Gasteiger partial charge in [0.2, 0.25) is 0 Å². The van der Waals surface area contributed by atoms with Gasteiger partial charge in [-0.25, -0.2) is 0 Å². The topological polar surface area (TPSA) is 47.9 Å². The fourth-order valence-electron chi connectivity index (χ4n) is 1.03. The number of aliphatic imine (C=N–C) groups is 1. The Bertz CT molecular complexity index is 234. The molecule has 0 saturated carbocycles. The number of aliphatic hydroxyl groups is 1. The maximum atomic E-state index is 11.9. The molecule has 1 aliphatic rings. The summed E-state index contributed by atoms with van der Waals surface area (Å²) in [7, 11) is 1.72. The number of hydrogen-bond acceptors (Lipinski definition) is 4. The minimum atomic E-state index is -4.58. The van der Waals surface area contributed by atoms with Gasteiger partial charge in [-0.2, -0.15) is 13.2 Å². The predicted octanol–water partition coefficient (Wildman–Crippen LogP) is 0.419. The van der Waals surface area contributed by atoms with Crippen LogP contribution in [0.1, 0.15) is 0 Å². The number of guanidine groups is 1. The minimum Gasteiger partial charge on any atom is -0.382 e. The smallest absolute Gasteiger partial charge is 0.382 e. The Kier molecular flexibility index (Phi) is 5.63. The van der Waals surface area contributed by atoms with Crippen molar-refractivity contribution in [2.75, 3.05) is 26.7 Å². The van der Waals surface area contributed by atoms with Crippen LogP contribution in [0.5, 0.6) is 0 Å². The number of nitrogens with zero attached hydrogens (tertiary/aromatic N) is 2. The summed E-state index contributed by atoms with van der Waals surface area (Å²) in [6.45, 7) is 0.693. The van der Waals surface area contributed by atoms with Gasteiger partial charge in [0.15, 0.2) is 12.1 Å². The van der Waals surface area contributed by atoms with Gasteiger partial charge < -0.3 is 15.3 Å². The van der Waals surface area contributed by atoms with Crippen molar-refractivity contribution in [2.45, 2.75) is 12.3 Å². The van der Waals surface area contributed by atoms with Crippen molar-refractivity contribution in [1.29, 1.82) is 0 Å². The summed E-state index contributed by atoms with van der Waals surface area (Å²) < 4.78 is 35.6. The molecule has 0 aliphatic carbocycles. The Labute approximate surface area is 103 Å². The maximum absolute atomic E-state index is 11.9. The Morgan fingerprint density at radius 2 is 2.20 bits per heavy atom. The average molecular weight is 339 g/mol. The first-order chi connectivity index (χ1) is 6.41. The first-order valence-electron chi connectivity index (χ1n) is 4.15. The molecule has 0 amide bonds. The largest absolute Gasteiger partial charge is 0.416 e. The third-order valence-electron chi connectivity index (χ3n) is 1.89. The van der Waals surface area contributed by atoms with E-state index in [-0.39, 0.29) is 24.0 Å². The second-order valence-electron chi connectivity index (χ2n) is 3.07. The molecule has 0 saturated heterocycles. The van der Waals surface area contributed by atoms with Gasteiger partial charge in [-0.1, -0.05) is 0 Å². The third kappa shape index (κ3) is 4.41. The average Bonchev–Trinajstić information content (AvgIpc) is 2.45. The Hall–Kier alpha value is -0.250. The van der Waals surface area contributed by atoms with Gasteiger partial charge in [0, 0.05) is 13.6 Å². The van der Waals surface area contributed by atoms with Crippen LogP contribution in [0.3, 0.4) is 0 Å². The molecule has 2 N–H and O–H groups in total. The minimum absolute atomic E-state index is 0. The molecule has 4 nitrogen and oxygen atoms in total. The molecule has 1 rings (SSSR count). The summed E-state index contributed by atoms with van der Waals surface area (Å²) in [5.74, 6) is 0.397. The lowest BCUT2D eigenvalue weighted by molar-refractivity contribution is -0.201. The highest BCUT2D eigenvalue weighted by molar-refractivity contribution is 14.0. The molecule has 0 spiro atoms. The molecule has 0 aromatic rings. The first kappa shape index (κ1) is 14.8. The van der Waals surface area contributed by atoms with Crippen LogP contribution in [-0.2, 0) is 0 Å². The normalized spacial score (nSPS) is 18.2. The predicted molar refractivity (Wildman–Crippen MR) is 60.4 cm³/mol. The van der Waals surface area contributed by atoms with E-state index in [0.29, 0.717) is 19.0 Å². The molecular weight excluding hydrogens is 326 g/mol. The molecule has 1 aliphatic heterocycles. The summed E-state index contributed by atoms with van der Waals surface area (Å²) in [4.78, 5) is 5.62. The summed E-state index contributed by atoms with van der Waals surface area (Å²) in [6, 6.07) is 0. The van der Waals surface area contributed by atoms with Crippen molar-refractivity contribution in [3.05, 3.63) is 0 Å². The van der Waals surface area contributed by atoms with E-state index in [2.05, 4.69) is 10.3 Å². The van der Waals surface area contributed by atoms with E-state index in [1.54, 1.807) is 11.9 Å². The number of hydrogen-bond donors (Lipinski definition) is 2.